The van der Waals surface area contributed by atoms with Crippen LogP contribution in [0.5, 0.6) is 0 Å². The van der Waals surface area contributed by atoms with Crippen LogP contribution in [0.2, 0.25) is 0 Å². The van der Waals surface area contributed by atoms with Crippen LogP contribution in [-0.2, 0) is 4.74 Å². The van der Waals surface area contributed by atoms with Crippen molar-refractivity contribution >= 4 is 0 Å². The first-order valence-electron chi connectivity index (χ1n) is 6.64. The number of ether oxygens (including phenoxy) is 1. The molecule has 0 aliphatic heterocycles. The van der Waals surface area contributed by atoms with Crippen molar-refractivity contribution in [1.29, 1.82) is 0 Å². The number of hydrogen-bond donors (Lipinski definition) is 1. The normalized spacial score (nSPS) is 12.8. The van der Waals surface area contributed by atoms with Gasteiger partial charge in [0, 0.05) is 12.0 Å². The Bertz CT molecular complexity index is 154. The summed E-state index contributed by atoms with van der Waals surface area (Å²) in [6.45, 7) is 12.7. The van der Waals surface area contributed by atoms with E-state index in [9.17, 15) is 5.11 Å². The van der Waals surface area contributed by atoms with Crippen LogP contribution >= 0.6 is 0 Å². The van der Waals surface area contributed by atoms with Gasteiger partial charge in [-0.2, -0.15) is 0 Å². The third-order valence-electron chi connectivity index (χ3n) is 2.77. The van der Waals surface area contributed by atoms with E-state index in [-0.39, 0.29) is 12.0 Å². The van der Waals surface area contributed by atoms with Gasteiger partial charge in [0.1, 0.15) is 0 Å². The zero-order chi connectivity index (χ0) is 12.6. The molecule has 98 valence electrons. The van der Waals surface area contributed by atoms with Gasteiger partial charge >= 0.3 is 0 Å². The standard InChI is InChI=1S/C14H30O2/c1-6-7-16-11-14(10-15,8-12(2)3)9-13(4)5/h12-13,15H,6-11H2,1-5H3. The first kappa shape index (κ1) is 15.9. The number of hydrogen-bond acceptors (Lipinski definition) is 2. The van der Waals surface area contributed by atoms with Gasteiger partial charge in [0.05, 0.1) is 13.2 Å². The Hall–Kier alpha value is -0.0800. The summed E-state index contributed by atoms with van der Waals surface area (Å²) in [5.74, 6) is 1.22. The Kier molecular flexibility index (Phi) is 8.04. The molecule has 0 aromatic carbocycles. The van der Waals surface area contributed by atoms with Gasteiger partial charge in [-0.15, -0.1) is 0 Å². The van der Waals surface area contributed by atoms with Gasteiger partial charge in [0.25, 0.3) is 0 Å². The molecular formula is C14H30O2. The summed E-state index contributed by atoms with van der Waals surface area (Å²) in [4.78, 5) is 0. The Morgan fingerprint density at radius 3 is 1.88 bits per heavy atom. The van der Waals surface area contributed by atoms with Crippen LogP contribution in [0.25, 0.3) is 0 Å². The third kappa shape index (κ3) is 6.49. The highest BCUT2D eigenvalue weighted by atomic mass is 16.5. The van der Waals surface area contributed by atoms with Crippen molar-refractivity contribution in [2.45, 2.75) is 53.9 Å². The fourth-order valence-electron chi connectivity index (χ4n) is 2.54. The largest absolute Gasteiger partial charge is 0.396 e. The van der Waals surface area contributed by atoms with Gasteiger partial charge in [-0.25, -0.2) is 0 Å². The van der Waals surface area contributed by atoms with E-state index in [1.807, 2.05) is 0 Å². The predicted molar refractivity (Wildman–Crippen MR) is 69.5 cm³/mol. The van der Waals surface area contributed by atoms with Crippen molar-refractivity contribution in [2.75, 3.05) is 19.8 Å². The molecular weight excluding hydrogens is 200 g/mol. The highest BCUT2D eigenvalue weighted by molar-refractivity contribution is 4.81. The van der Waals surface area contributed by atoms with Crippen LogP contribution in [0.3, 0.4) is 0 Å². The van der Waals surface area contributed by atoms with Gasteiger partial charge < -0.3 is 9.84 Å². The van der Waals surface area contributed by atoms with E-state index in [1.165, 1.54) is 0 Å². The lowest BCUT2D eigenvalue weighted by atomic mass is 9.75. The fourth-order valence-corrected chi connectivity index (χ4v) is 2.54. The Morgan fingerprint density at radius 1 is 1.06 bits per heavy atom. The molecule has 0 saturated heterocycles. The third-order valence-corrected chi connectivity index (χ3v) is 2.77. The average Bonchev–Trinajstić information content (AvgIpc) is 2.16. The molecule has 1 N–H and O–H groups in total. The molecule has 0 aliphatic rings. The van der Waals surface area contributed by atoms with Gasteiger partial charge in [0.15, 0.2) is 0 Å². The minimum atomic E-state index is -0.0303. The quantitative estimate of drug-likeness (QED) is 0.614. The van der Waals surface area contributed by atoms with Gasteiger partial charge in [-0.05, 0) is 31.1 Å². The van der Waals surface area contributed by atoms with Crippen molar-refractivity contribution in [2.24, 2.45) is 17.3 Å². The first-order chi connectivity index (χ1) is 7.45. The number of rotatable bonds is 9. The summed E-state index contributed by atoms with van der Waals surface area (Å²) in [5, 5.41) is 9.69. The molecule has 2 nitrogen and oxygen atoms in total. The second-order valence-corrected chi connectivity index (χ2v) is 5.91. The molecule has 0 bridgehead atoms. The topological polar surface area (TPSA) is 29.5 Å². The van der Waals surface area contributed by atoms with E-state index in [2.05, 4.69) is 34.6 Å². The molecule has 0 aliphatic carbocycles. The van der Waals surface area contributed by atoms with Gasteiger partial charge in [0.2, 0.25) is 0 Å². The molecule has 0 radical (unpaired) electrons. The Balaban J connectivity index is 4.40. The monoisotopic (exact) mass is 230 g/mol. The van der Waals surface area contributed by atoms with Crippen molar-refractivity contribution in [1.82, 2.24) is 0 Å². The van der Waals surface area contributed by atoms with E-state index in [0.717, 1.165) is 25.9 Å². The van der Waals surface area contributed by atoms with E-state index >= 15 is 0 Å². The fraction of sp³-hybridized carbons (Fsp3) is 1.00. The molecule has 0 aromatic heterocycles. The highest BCUT2D eigenvalue weighted by Gasteiger charge is 2.31. The molecule has 0 heterocycles. The van der Waals surface area contributed by atoms with Crippen molar-refractivity contribution in [3.05, 3.63) is 0 Å². The molecule has 0 aromatic rings. The maximum atomic E-state index is 9.69. The zero-order valence-corrected chi connectivity index (χ0v) is 11.8. The van der Waals surface area contributed by atoms with Crippen LogP contribution in [-0.4, -0.2) is 24.9 Å². The van der Waals surface area contributed by atoms with Gasteiger partial charge in [-0.3, -0.25) is 0 Å². The SMILES string of the molecule is CCCOCC(CO)(CC(C)C)CC(C)C. The molecule has 0 atom stereocenters. The smallest absolute Gasteiger partial charge is 0.0544 e. The van der Waals surface area contributed by atoms with Crippen molar-refractivity contribution in [3.63, 3.8) is 0 Å². The molecule has 16 heavy (non-hydrogen) atoms. The summed E-state index contributed by atoms with van der Waals surface area (Å²) < 4.78 is 5.68. The summed E-state index contributed by atoms with van der Waals surface area (Å²) >= 11 is 0. The second kappa shape index (κ2) is 8.08. The minimum absolute atomic E-state index is 0.0303. The lowest BCUT2D eigenvalue weighted by Crippen LogP contribution is -2.34. The van der Waals surface area contributed by atoms with Crippen LogP contribution in [0.4, 0.5) is 0 Å². The molecule has 2 heteroatoms. The lowest BCUT2D eigenvalue weighted by molar-refractivity contribution is -0.0186. The number of aliphatic hydroxyl groups excluding tert-OH is 1. The van der Waals surface area contributed by atoms with E-state index in [1.54, 1.807) is 0 Å². The second-order valence-electron chi connectivity index (χ2n) is 5.91. The van der Waals surface area contributed by atoms with E-state index < -0.39 is 0 Å². The lowest BCUT2D eigenvalue weighted by Gasteiger charge is -2.35. The average molecular weight is 230 g/mol. The summed E-state index contributed by atoms with van der Waals surface area (Å²) in [6.07, 6.45) is 3.14. The maximum absolute atomic E-state index is 9.69. The predicted octanol–water partition coefficient (Wildman–Crippen LogP) is 3.48. The Labute approximate surface area is 101 Å². The number of aliphatic hydroxyl groups is 1. The van der Waals surface area contributed by atoms with Crippen LogP contribution in [0.1, 0.15) is 53.9 Å². The molecule has 0 unspecified atom stereocenters. The molecule has 0 rings (SSSR count). The maximum Gasteiger partial charge on any atom is 0.0544 e. The zero-order valence-electron chi connectivity index (χ0n) is 11.8. The van der Waals surface area contributed by atoms with E-state index in [0.29, 0.717) is 18.4 Å². The highest BCUT2D eigenvalue weighted by Crippen LogP contribution is 2.33. The molecule has 0 amide bonds. The first-order valence-corrected chi connectivity index (χ1v) is 6.64. The van der Waals surface area contributed by atoms with Crippen LogP contribution in [0, 0.1) is 17.3 Å². The Morgan fingerprint density at radius 2 is 1.56 bits per heavy atom. The van der Waals surface area contributed by atoms with Crippen molar-refractivity contribution < 1.29 is 9.84 Å². The van der Waals surface area contributed by atoms with Crippen LogP contribution in [0.15, 0.2) is 0 Å². The molecule has 0 spiro atoms. The summed E-state index contributed by atoms with van der Waals surface area (Å²) in [5.41, 5.74) is -0.0303. The van der Waals surface area contributed by atoms with Crippen LogP contribution < -0.4 is 0 Å². The van der Waals surface area contributed by atoms with E-state index in [4.69, 9.17) is 4.74 Å². The molecule has 0 saturated carbocycles. The minimum Gasteiger partial charge on any atom is -0.396 e. The summed E-state index contributed by atoms with van der Waals surface area (Å²) in [6, 6.07) is 0. The van der Waals surface area contributed by atoms with Crippen molar-refractivity contribution in [3.8, 4) is 0 Å². The molecule has 0 fully saturated rings. The summed E-state index contributed by atoms with van der Waals surface area (Å²) in [7, 11) is 0. The van der Waals surface area contributed by atoms with Gasteiger partial charge in [-0.1, -0.05) is 34.6 Å².